The largest absolute Gasteiger partial charge is 0.397 e. The summed E-state index contributed by atoms with van der Waals surface area (Å²) in [5, 5.41) is 7.48. The van der Waals surface area contributed by atoms with Gasteiger partial charge < -0.3 is 21.4 Å². The lowest BCUT2D eigenvalue weighted by Crippen LogP contribution is -2.10. The van der Waals surface area contributed by atoms with Crippen LogP contribution in [0.3, 0.4) is 0 Å². The van der Waals surface area contributed by atoms with Crippen molar-refractivity contribution in [2.45, 2.75) is 6.42 Å². The number of fused-ring (bicyclic) bond motifs is 2. The molecule has 0 bridgehead atoms. The summed E-state index contributed by atoms with van der Waals surface area (Å²) in [4.78, 5) is 15.1. The number of imidazole rings is 2. The highest BCUT2D eigenvalue weighted by molar-refractivity contribution is 5.97. The third-order valence-electron chi connectivity index (χ3n) is 3.81. The maximum absolute atomic E-state index is 13.4. The number of nitrogens with zero attached hydrogens (tertiary/aromatic N) is 2. The highest BCUT2D eigenvalue weighted by atomic mass is 19.1. The molecule has 0 amide bonds. The average Bonchev–Trinajstić information content (AvgIpc) is 3.09. The molecule has 2 aromatic heterocycles. The van der Waals surface area contributed by atoms with E-state index >= 15 is 0 Å². The molecule has 2 aromatic carbocycles. The molecule has 7 N–H and O–H groups in total. The molecule has 0 aliphatic carbocycles. The monoisotopic (exact) mass is 323 g/mol. The molecule has 24 heavy (non-hydrogen) atoms. The van der Waals surface area contributed by atoms with E-state index in [0.717, 1.165) is 11.0 Å². The Bertz CT molecular complexity index is 1090. The number of nitrogens with one attached hydrogen (secondary N) is 3. The summed E-state index contributed by atoms with van der Waals surface area (Å²) < 4.78 is 13.4. The zero-order chi connectivity index (χ0) is 16.8. The summed E-state index contributed by atoms with van der Waals surface area (Å²) in [7, 11) is 0. The third kappa shape index (κ3) is 2.34. The number of hydrogen-bond acceptors (Lipinski definition) is 4. The van der Waals surface area contributed by atoms with E-state index in [2.05, 4.69) is 19.9 Å². The number of aromatic nitrogens is 4. The third-order valence-corrected chi connectivity index (χ3v) is 3.81. The highest BCUT2D eigenvalue weighted by Crippen LogP contribution is 2.22. The van der Waals surface area contributed by atoms with Gasteiger partial charge in [0.1, 0.15) is 28.8 Å². The van der Waals surface area contributed by atoms with Crippen LogP contribution in [0.2, 0.25) is 0 Å². The minimum absolute atomic E-state index is 0.00349. The van der Waals surface area contributed by atoms with E-state index in [1.54, 1.807) is 12.1 Å². The first-order chi connectivity index (χ1) is 11.5. The summed E-state index contributed by atoms with van der Waals surface area (Å²) in [6, 6.07) is 7.95. The van der Waals surface area contributed by atoms with Crippen molar-refractivity contribution in [1.82, 2.24) is 19.9 Å². The van der Waals surface area contributed by atoms with E-state index in [-0.39, 0.29) is 5.84 Å². The summed E-state index contributed by atoms with van der Waals surface area (Å²) in [5.41, 5.74) is 14.9. The maximum atomic E-state index is 13.4. The number of halogens is 1. The van der Waals surface area contributed by atoms with E-state index in [1.807, 2.05) is 6.07 Å². The first-order valence-corrected chi connectivity index (χ1v) is 7.26. The van der Waals surface area contributed by atoms with Crippen LogP contribution in [-0.4, -0.2) is 25.8 Å². The van der Waals surface area contributed by atoms with Crippen molar-refractivity contribution in [1.29, 1.82) is 5.41 Å². The number of hydrogen-bond donors (Lipinski definition) is 5. The summed E-state index contributed by atoms with van der Waals surface area (Å²) in [5.74, 6) is 0.920. The SMILES string of the molecule is N=C(N)c1ccc2[nH]c(Cc3nc4c(N)cc(F)cc4[nH]3)nc2c1. The van der Waals surface area contributed by atoms with Gasteiger partial charge in [-0.25, -0.2) is 14.4 Å². The van der Waals surface area contributed by atoms with Gasteiger partial charge in [-0.1, -0.05) is 0 Å². The van der Waals surface area contributed by atoms with Gasteiger partial charge in [-0.15, -0.1) is 0 Å². The van der Waals surface area contributed by atoms with Gasteiger partial charge >= 0.3 is 0 Å². The van der Waals surface area contributed by atoms with Crippen LogP contribution in [-0.2, 0) is 6.42 Å². The Morgan fingerprint density at radius 1 is 1.08 bits per heavy atom. The Balaban J connectivity index is 1.71. The van der Waals surface area contributed by atoms with Crippen molar-refractivity contribution in [2.24, 2.45) is 5.73 Å². The predicted octanol–water partition coefficient (Wildman–Crippen LogP) is 2.04. The van der Waals surface area contributed by atoms with Crippen molar-refractivity contribution in [3.05, 3.63) is 53.4 Å². The second-order valence-electron chi connectivity index (χ2n) is 5.58. The van der Waals surface area contributed by atoms with Crippen molar-refractivity contribution >= 4 is 33.6 Å². The number of nitrogens with two attached hydrogens (primary N) is 2. The minimum atomic E-state index is -0.407. The molecule has 8 heteroatoms. The van der Waals surface area contributed by atoms with E-state index in [9.17, 15) is 4.39 Å². The molecule has 0 radical (unpaired) electrons. The lowest BCUT2D eigenvalue weighted by Gasteiger charge is -1.95. The molecule has 120 valence electrons. The summed E-state index contributed by atoms with van der Waals surface area (Å²) >= 11 is 0. The van der Waals surface area contributed by atoms with Gasteiger partial charge in [0.2, 0.25) is 0 Å². The van der Waals surface area contributed by atoms with Crippen LogP contribution in [0.1, 0.15) is 17.2 Å². The van der Waals surface area contributed by atoms with Gasteiger partial charge in [0.05, 0.1) is 28.7 Å². The molecule has 0 spiro atoms. The number of rotatable bonds is 3. The van der Waals surface area contributed by atoms with Gasteiger partial charge in [0.25, 0.3) is 0 Å². The number of aromatic amines is 2. The zero-order valence-corrected chi connectivity index (χ0v) is 12.5. The molecule has 0 aliphatic heterocycles. The van der Waals surface area contributed by atoms with Gasteiger partial charge in [-0.2, -0.15) is 0 Å². The van der Waals surface area contributed by atoms with Crippen LogP contribution in [0.25, 0.3) is 22.1 Å². The number of anilines is 1. The van der Waals surface area contributed by atoms with E-state index in [4.69, 9.17) is 16.9 Å². The normalized spacial score (nSPS) is 11.4. The van der Waals surface area contributed by atoms with Gasteiger partial charge in [-0.05, 0) is 30.3 Å². The molecule has 0 saturated carbocycles. The van der Waals surface area contributed by atoms with Gasteiger partial charge in [0, 0.05) is 5.56 Å². The second kappa shape index (κ2) is 5.05. The Labute approximate surface area is 135 Å². The van der Waals surface area contributed by atoms with Gasteiger partial charge in [0.15, 0.2) is 0 Å². The molecule has 7 nitrogen and oxygen atoms in total. The average molecular weight is 323 g/mol. The van der Waals surface area contributed by atoms with E-state index in [0.29, 0.717) is 40.4 Å². The van der Waals surface area contributed by atoms with E-state index in [1.165, 1.54) is 12.1 Å². The topological polar surface area (TPSA) is 133 Å². The first-order valence-electron chi connectivity index (χ1n) is 7.26. The van der Waals surface area contributed by atoms with Crippen molar-refractivity contribution < 1.29 is 4.39 Å². The van der Waals surface area contributed by atoms with Crippen LogP contribution in [0.4, 0.5) is 10.1 Å². The highest BCUT2D eigenvalue weighted by Gasteiger charge is 2.11. The van der Waals surface area contributed by atoms with Crippen LogP contribution >= 0.6 is 0 Å². The van der Waals surface area contributed by atoms with Crippen LogP contribution in [0.15, 0.2) is 30.3 Å². The molecule has 4 rings (SSSR count). The standard InChI is InChI=1S/C16H14FN7/c17-8-4-9(18)15-12(5-8)23-14(24-15)6-13-21-10-2-1-7(16(19)20)3-11(10)22-13/h1-5H,6,18H2,(H3,19,20)(H,21,22)(H,23,24). The zero-order valence-electron chi connectivity index (χ0n) is 12.5. The molecular weight excluding hydrogens is 309 g/mol. The number of H-pyrrole nitrogens is 2. The minimum Gasteiger partial charge on any atom is -0.397 e. The van der Waals surface area contributed by atoms with Crippen LogP contribution in [0.5, 0.6) is 0 Å². The fourth-order valence-corrected chi connectivity index (χ4v) is 2.71. The molecular formula is C16H14FN7. The molecule has 0 saturated heterocycles. The Hall–Kier alpha value is -3.42. The Kier molecular flexibility index (Phi) is 2.99. The maximum Gasteiger partial charge on any atom is 0.127 e. The van der Waals surface area contributed by atoms with Gasteiger partial charge in [-0.3, -0.25) is 5.41 Å². The smallest absolute Gasteiger partial charge is 0.127 e. The number of nitrogen functional groups attached to an aromatic ring is 2. The molecule has 2 heterocycles. The molecule has 4 aromatic rings. The van der Waals surface area contributed by atoms with E-state index < -0.39 is 5.82 Å². The van der Waals surface area contributed by atoms with Crippen molar-refractivity contribution in [3.63, 3.8) is 0 Å². The number of amidine groups is 1. The summed E-state index contributed by atoms with van der Waals surface area (Å²) in [6.07, 6.45) is 0.416. The lowest BCUT2D eigenvalue weighted by atomic mass is 10.2. The number of benzene rings is 2. The van der Waals surface area contributed by atoms with Crippen molar-refractivity contribution in [2.75, 3.05) is 5.73 Å². The molecule has 0 unspecified atom stereocenters. The Morgan fingerprint density at radius 2 is 1.83 bits per heavy atom. The second-order valence-corrected chi connectivity index (χ2v) is 5.58. The fraction of sp³-hybridized carbons (Fsp3) is 0.0625. The van der Waals surface area contributed by atoms with Crippen molar-refractivity contribution in [3.8, 4) is 0 Å². The lowest BCUT2D eigenvalue weighted by molar-refractivity contribution is 0.630. The molecule has 0 fully saturated rings. The quantitative estimate of drug-likeness (QED) is 0.224. The predicted molar refractivity (Wildman–Crippen MR) is 90.4 cm³/mol. The van der Waals surface area contributed by atoms with Crippen LogP contribution < -0.4 is 11.5 Å². The molecule has 0 aliphatic rings. The van der Waals surface area contributed by atoms with Crippen LogP contribution in [0, 0.1) is 11.2 Å². The molecule has 0 atom stereocenters. The fourth-order valence-electron chi connectivity index (χ4n) is 2.71. The summed E-state index contributed by atoms with van der Waals surface area (Å²) in [6.45, 7) is 0. The first kappa shape index (κ1) is 14.2. The Morgan fingerprint density at radius 3 is 2.62 bits per heavy atom.